The molecule has 3 rings (SSSR count). The molecular formula is C14H20O2. The van der Waals surface area contributed by atoms with Crippen LogP contribution in [0.15, 0.2) is 12.7 Å². The van der Waals surface area contributed by atoms with Gasteiger partial charge in [0.1, 0.15) is 0 Å². The molecule has 0 heterocycles. The summed E-state index contributed by atoms with van der Waals surface area (Å²) in [5, 5.41) is 0. The van der Waals surface area contributed by atoms with Crippen LogP contribution in [-0.4, -0.2) is 12.6 Å². The highest BCUT2D eigenvalue weighted by molar-refractivity contribution is 5.81. The molecule has 3 unspecified atom stereocenters. The molecule has 0 aliphatic heterocycles. The first-order valence-corrected chi connectivity index (χ1v) is 6.57. The molecule has 0 aromatic rings. The molecule has 0 amide bonds. The van der Waals surface area contributed by atoms with Gasteiger partial charge in [-0.15, -0.1) is 0 Å². The minimum Gasteiger partial charge on any atom is -0.462 e. The van der Waals surface area contributed by atoms with Crippen molar-refractivity contribution >= 4 is 5.97 Å². The van der Waals surface area contributed by atoms with Crippen molar-refractivity contribution in [2.24, 2.45) is 29.6 Å². The maximum absolute atomic E-state index is 11.0. The largest absolute Gasteiger partial charge is 0.462 e. The van der Waals surface area contributed by atoms with Crippen molar-refractivity contribution in [2.75, 3.05) is 6.61 Å². The summed E-state index contributed by atoms with van der Waals surface area (Å²) in [6, 6.07) is 0. The van der Waals surface area contributed by atoms with Gasteiger partial charge in [0.2, 0.25) is 0 Å². The van der Waals surface area contributed by atoms with Gasteiger partial charge in [-0.05, 0) is 61.7 Å². The van der Waals surface area contributed by atoms with E-state index < -0.39 is 0 Å². The van der Waals surface area contributed by atoms with E-state index in [2.05, 4.69) is 6.58 Å². The van der Waals surface area contributed by atoms with Gasteiger partial charge >= 0.3 is 5.97 Å². The van der Waals surface area contributed by atoms with Gasteiger partial charge in [0.25, 0.3) is 0 Å². The van der Waals surface area contributed by atoms with Crippen LogP contribution < -0.4 is 0 Å². The van der Waals surface area contributed by atoms with Gasteiger partial charge in [0.05, 0.1) is 6.61 Å². The summed E-state index contributed by atoms with van der Waals surface area (Å²) in [7, 11) is 0. The maximum Gasteiger partial charge on any atom is 0.330 e. The van der Waals surface area contributed by atoms with E-state index in [4.69, 9.17) is 4.74 Å². The van der Waals surface area contributed by atoms with E-state index in [0.29, 0.717) is 12.5 Å². The normalized spacial score (nSPS) is 44.4. The minimum absolute atomic E-state index is 0.264. The highest BCUT2D eigenvalue weighted by atomic mass is 16.5. The number of hydrogen-bond donors (Lipinski definition) is 0. The summed E-state index contributed by atoms with van der Waals surface area (Å²) in [6.07, 6.45) is 8.29. The number of hydrogen-bond acceptors (Lipinski definition) is 2. The van der Waals surface area contributed by atoms with E-state index in [9.17, 15) is 4.79 Å². The van der Waals surface area contributed by atoms with Crippen LogP contribution in [0.1, 0.15) is 32.1 Å². The Morgan fingerprint density at radius 2 is 1.81 bits per heavy atom. The molecule has 5 atom stereocenters. The first kappa shape index (κ1) is 10.4. The Labute approximate surface area is 97.1 Å². The second-order valence-electron chi connectivity index (χ2n) is 5.83. The van der Waals surface area contributed by atoms with E-state index in [0.717, 1.165) is 23.7 Å². The Kier molecular flexibility index (Phi) is 2.53. The number of esters is 1. The second kappa shape index (κ2) is 3.90. The summed E-state index contributed by atoms with van der Waals surface area (Å²) in [5.41, 5.74) is 0. The van der Waals surface area contributed by atoms with Gasteiger partial charge < -0.3 is 4.74 Å². The predicted molar refractivity (Wildman–Crippen MR) is 61.7 cm³/mol. The Morgan fingerprint density at radius 3 is 2.38 bits per heavy atom. The van der Waals surface area contributed by atoms with Crippen molar-refractivity contribution in [3.63, 3.8) is 0 Å². The van der Waals surface area contributed by atoms with E-state index in [-0.39, 0.29) is 5.97 Å². The van der Waals surface area contributed by atoms with E-state index in [1.54, 1.807) is 0 Å². The van der Waals surface area contributed by atoms with Crippen LogP contribution in [0, 0.1) is 29.6 Å². The zero-order chi connectivity index (χ0) is 11.1. The monoisotopic (exact) mass is 220 g/mol. The van der Waals surface area contributed by atoms with Gasteiger partial charge in [0.15, 0.2) is 0 Å². The maximum atomic E-state index is 11.0. The molecule has 0 radical (unpaired) electrons. The van der Waals surface area contributed by atoms with Crippen LogP contribution in [0.5, 0.6) is 0 Å². The highest BCUT2D eigenvalue weighted by Gasteiger charge is 2.51. The van der Waals surface area contributed by atoms with Crippen LogP contribution in [0.25, 0.3) is 0 Å². The highest BCUT2D eigenvalue weighted by Crippen LogP contribution is 2.59. The fourth-order valence-electron chi connectivity index (χ4n) is 4.53. The minimum atomic E-state index is -0.264. The Balaban J connectivity index is 1.54. The van der Waals surface area contributed by atoms with Gasteiger partial charge in [-0.3, -0.25) is 0 Å². The molecule has 2 bridgehead atoms. The summed E-state index contributed by atoms with van der Waals surface area (Å²) in [6.45, 7) is 4.04. The smallest absolute Gasteiger partial charge is 0.330 e. The van der Waals surface area contributed by atoms with Crippen molar-refractivity contribution < 1.29 is 9.53 Å². The lowest BCUT2D eigenvalue weighted by molar-refractivity contribution is -0.139. The van der Waals surface area contributed by atoms with Crippen molar-refractivity contribution in [1.82, 2.24) is 0 Å². The summed E-state index contributed by atoms with van der Waals surface area (Å²) in [5.74, 6) is 4.31. The molecule has 0 spiro atoms. The molecule has 3 aliphatic rings. The number of ether oxygens (including phenoxy) is 1. The first-order chi connectivity index (χ1) is 7.78. The Morgan fingerprint density at radius 1 is 1.19 bits per heavy atom. The zero-order valence-corrected chi connectivity index (χ0v) is 9.73. The Bertz CT molecular complexity index is 292. The first-order valence-electron chi connectivity index (χ1n) is 6.57. The van der Waals surface area contributed by atoms with Crippen LogP contribution in [0.2, 0.25) is 0 Å². The predicted octanol–water partition coefficient (Wildman–Crippen LogP) is 2.79. The SMILES string of the molecule is C=CC(=O)OCC1CC2C3CC[C@H](C3)[C@H]2C1. The van der Waals surface area contributed by atoms with Gasteiger partial charge in [-0.25, -0.2) is 4.79 Å². The van der Waals surface area contributed by atoms with E-state index in [1.165, 1.54) is 38.2 Å². The van der Waals surface area contributed by atoms with Crippen molar-refractivity contribution in [2.45, 2.75) is 32.1 Å². The third kappa shape index (κ3) is 1.59. The molecule has 3 aliphatic carbocycles. The van der Waals surface area contributed by atoms with Crippen LogP contribution in [0.4, 0.5) is 0 Å². The molecule has 88 valence electrons. The molecule has 3 saturated carbocycles. The van der Waals surface area contributed by atoms with Gasteiger partial charge in [-0.2, -0.15) is 0 Å². The van der Waals surface area contributed by atoms with Crippen molar-refractivity contribution in [3.05, 3.63) is 12.7 Å². The lowest BCUT2D eigenvalue weighted by atomic mass is 9.82. The molecule has 0 aromatic heterocycles. The molecule has 0 aromatic carbocycles. The third-order valence-corrected chi connectivity index (χ3v) is 5.11. The molecule has 0 N–H and O–H groups in total. The van der Waals surface area contributed by atoms with E-state index in [1.807, 2.05) is 0 Å². The molecule has 16 heavy (non-hydrogen) atoms. The van der Waals surface area contributed by atoms with Crippen LogP contribution in [0.3, 0.4) is 0 Å². The second-order valence-corrected chi connectivity index (χ2v) is 5.83. The summed E-state index contributed by atoms with van der Waals surface area (Å²) < 4.78 is 5.17. The quantitative estimate of drug-likeness (QED) is 0.540. The van der Waals surface area contributed by atoms with Gasteiger partial charge in [-0.1, -0.05) is 6.58 Å². The fraction of sp³-hybridized carbons (Fsp3) is 0.786. The van der Waals surface area contributed by atoms with Crippen LogP contribution in [-0.2, 0) is 9.53 Å². The standard InChI is InChI=1S/C14H20O2/c1-2-14(15)16-8-9-5-12-10-3-4-11(7-10)13(12)6-9/h2,9-13H,1,3-8H2/t9?,10-,11?,12-,13?/m1/s1. The molecule has 2 nitrogen and oxygen atoms in total. The summed E-state index contributed by atoms with van der Waals surface area (Å²) >= 11 is 0. The number of carbonyl (C=O) groups excluding carboxylic acids is 1. The lowest BCUT2D eigenvalue weighted by Gasteiger charge is -2.23. The van der Waals surface area contributed by atoms with E-state index >= 15 is 0 Å². The fourth-order valence-corrected chi connectivity index (χ4v) is 4.53. The van der Waals surface area contributed by atoms with Crippen LogP contribution >= 0.6 is 0 Å². The molecule has 0 saturated heterocycles. The average molecular weight is 220 g/mol. The molecular weight excluding hydrogens is 200 g/mol. The Hall–Kier alpha value is -0.790. The number of carbonyl (C=O) groups is 1. The lowest BCUT2D eigenvalue weighted by Crippen LogP contribution is -2.15. The van der Waals surface area contributed by atoms with Crippen molar-refractivity contribution in [3.8, 4) is 0 Å². The zero-order valence-electron chi connectivity index (χ0n) is 9.73. The molecule has 2 heteroatoms. The van der Waals surface area contributed by atoms with Gasteiger partial charge in [0, 0.05) is 6.08 Å². The molecule has 3 fully saturated rings. The number of rotatable bonds is 3. The topological polar surface area (TPSA) is 26.3 Å². The van der Waals surface area contributed by atoms with Crippen molar-refractivity contribution in [1.29, 1.82) is 0 Å². The third-order valence-electron chi connectivity index (χ3n) is 5.11. The number of fused-ring (bicyclic) bond motifs is 5. The summed E-state index contributed by atoms with van der Waals surface area (Å²) in [4.78, 5) is 11.0. The average Bonchev–Trinajstić information content (AvgIpc) is 2.96.